The van der Waals surface area contributed by atoms with Crippen molar-refractivity contribution in [2.75, 3.05) is 26.7 Å². The molecule has 0 bridgehead atoms. The summed E-state index contributed by atoms with van der Waals surface area (Å²) in [7, 11) is 2.16. The molecule has 1 saturated heterocycles. The summed E-state index contributed by atoms with van der Waals surface area (Å²) in [6.45, 7) is 9.26. The van der Waals surface area contributed by atoms with Crippen LogP contribution in [0.1, 0.15) is 36.0 Å². The summed E-state index contributed by atoms with van der Waals surface area (Å²) in [4.78, 5) is 2.35. The smallest absolute Gasteiger partial charge is 0.125 e. The van der Waals surface area contributed by atoms with Crippen LogP contribution >= 0.6 is 0 Å². The molecule has 1 aromatic rings. The number of likely N-dealkylation sites (tertiary alicyclic amines) is 1. The second-order valence-corrected chi connectivity index (χ2v) is 6.49. The van der Waals surface area contributed by atoms with E-state index in [2.05, 4.69) is 44.9 Å². The molecule has 1 fully saturated rings. The van der Waals surface area contributed by atoms with E-state index in [0.29, 0.717) is 6.61 Å². The van der Waals surface area contributed by atoms with Crippen LogP contribution in [-0.2, 0) is 0 Å². The van der Waals surface area contributed by atoms with E-state index in [1.54, 1.807) is 0 Å². The molecule has 0 unspecified atom stereocenters. The second-order valence-electron chi connectivity index (χ2n) is 6.49. The van der Waals surface area contributed by atoms with Gasteiger partial charge >= 0.3 is 0 Å². The second kappa shape index (κ2) is 6.15. The van der Waals surface area contributed by atoms with Crippen molar-refractivity contribution < 1.29 is 4.74 Å². The molecular formula is C17H28N2O. The van der Waals surface area contributed by atoms with Gasteiger partial charge in [0.2, 0.25) is 0 Å². The number of rotatable bonds is 4. The maximum atomic E-state index is 6.48. The van der Waals surface area contributed by atoms with Gasteiger partial charge < -0.3 is 15.4 Å². The van der Waals surface area contributed by atoms with Gasteiger partial charge in [-0.2, -0.15) is 0 Å². The van der Waals surface area contributed by atoms with Crippen LogP contribution in [0.15, 0.2) is 12.1 Å². The number of piperidine rings is 1. The first-order chi connectivity index (χ1) is 9.39. The van der Waals surface area contributed by atoms with Crippen molar-refractivity contribution in [1.82, 2.24) is 4.90 Å². The van der Waals surface area contributed by atoms with Gasteiger partial charge in [-0.1, -0.05) is 17.7 Å². The molecule has 0 spiro atoms. The van der Waals surface area contributed by atoms with Gasteiger partial charge in [-0.05, 0) is 71.3 Å². The molecule has 0 saturated carbocycles. The van der Waals surface area contributed by atoms with Gasteiger partial charge in [-0.15, -0.1) is 0 Å². The highest BCUT2D eigenvalue weighted by atomic mass is 16.5. The summed E-state index contributed by atoms with van der Waals surface area (Å²) in [6.07, 6.45) is 3.07. The Morgan fingerprint density at radius 1 is 1.15 bits per heavy atom. The summed E-state index contributed by atoms with van der Waals surface area (Å²) in [5, 5.41) is 0. The minimum absolute atomic E-state index is 0.0426. The van der Waals surface area contributed by atoms with E-state index >= 15 is 0 Å². The first kappa shape index (κ1) is 15.3. The highest BCUT2D eigenvalue weighted by molar-refractivity contribution is 5.42. The van der Waals surface area contributed by atoms with E-state index < -0.39 is 0 Å². The Hall–Kier alpha value is -1.06. The predicted octanol–water partition coefficient (Wildman–Crippen LogP) is 2.80. The quantitative estimate of drug-likeness (QED) is 0.919. The fourth-order valence-corrected chi connectivity index (χ4v) is 3.06. The molecule has 0 aliphatic carbocycles. The zero-order valence-corrected chi connectivity index (χ0v) is 13.3. The fourth-order valence-electron chi connectivity index (χ4n) is 3.06. The summed E-state index contributed by atoms with van der Waals surface area (Å²) in [6, 6.07) is 4.35. The molecule has 3 nitrogen and oxygen atoms in total. The van der Waals surface area contributed by atoms with Crippen LogP contribution in [0.2, 0.25) is 0 Å². The monoisotopic (exact) mass is 276 g/mol. The van der Waals surface area contributed by atoms with Gasteiger partial charge in [-0.3, -0.25) is 0 Å². The number of hydrogen-bond donors (Lipinski definition) is 1. The summed E-state index contributed by atoms with van der Waals surface area (Å²) < 4.78 is 6.02. The predicted molar refractivity (Wildman–Crippen MR) is 84.4 cm³/mol. The van der Waals surface area contributed by atoms with E-state index in [-0.39, 0.29) is 5.54 Å². The topological polar surface area (TPSA) is 38.5 Å². The van der Waals surface area contributed by atoms with E-state index in [1.165, 1.54) is 16.7 Å². The normalized spacial score (nSPS) is 19.1. The average molecular weight is 276 g/mol. The molecule has 0 radical (unpaired) electrons. The van der Waals surface area contributed by atoms with Crippen LogP contribution in [-0.4, -0.2) is 37.2 Å². The van der Waals surface area contributed by atoms with Crippen molar-refractivity contribution >= 4 is 0 Å². The first-order valence-electron chi connectivity index (χ1n) is 7.58. The summed E-state index contributed by atoms with van der Waals surface area (Å²) in [5.74, 6) is 1.03. The molecule has 20 heavy (non-hydrogen) atoms. The molecule has 112 valence electrons. The fraction of sp³-hybridized carbons (Fsp3) is 0.647. The Morgan fingerprint density at radius 2 is 1.70 bits per heavy atom. The van der Waals surface area contributed by atoms with E-state index in [1.807, 2.05) is 0 Å². The van der Waals surface area contributed by atoms with Crippen LogP contribution in [0.4, 0.5) is 0 Å². The van der Waals surface area contributed by atoms with Crippen LogP contribution in [0.3, 0.4) is 0 Å². The molecular weight excluding hydrogens is 248 g/mol. The van der Waals surface area contributed by atoms with Gasteiger partial charge in [0.1, 0.15) is 5.75 Å². The lowest BCUT2D eigenvalue weighted by Gasteiger charge is -2.37. The third-order valence-corrected chi connectivity index (χ3v) is 4.43. The molecule has 2 rings (SSSR count). The Kier molecular flexibility index (Phi) is 4.71. The van der Waals surface area contributed by atoms with Gasteiger partial charge in [0.05, 0.1) is 6.61 Å². The highest BCUT2D eigenvalue weighted by Crippen LogP contribution is 2.27. The zero-order chi connectivity index (χ0) is 14.8. The van der Waals surface area contributed by atoms with Crippen LogP contribution in [0.5, 0.6) is 5.75 Å². The molecule has 1 heterocycles. The molecule has 1 aromatic carbocycles. The molecule has 3 heteroatoms. The maximum Gasteiger partial charge on any atom is 0.125 e. The van der Waals surface area contributed by atoms with Gasteiger partial charge in [-0.25, -0.2) is 0 Å². The van der Waals surface area contributed by atoms with Crippen molar-refractivity contribution in [3.05, 3.63) is 28.8 Å². The maximum absolute atomic E-state index is 6.48. The standard InChI is InChI=1S/C17H28N2O/c1-13-11-14(2)16(15(3)12-13)20-10-7-17(18)5-8-19(4)9-6-17/h11-12H,5-10,18H2,1-4H3. The minimum atomic E-state index is -0.0426. The lowest BCUT2D eigenvalue weighted by molar-refractivity contribution is 0.159. The van der Waals surface area contributed by atoms with Gasteiger partial charge in [0.15, 0.2) is 0 Å². The third kappa shape index (κ3) is 3.74. The molecule has 0 amide bonds. The Labute approximate surface area is 123 Å². The molecule has 0 aromatic heterocycles. The van der Waals surface area contributed by atoms with E-state index in [9.17, 15) is 0 Å². The Balaban J connectivity index is 1.90. The first-order valence-corrected chi connectivity index (χ1v) is 7.58. The van der Waals surface area contributed by atoms with Crippen molar-refractivity contribution in [3.8, 4) is 5.75 Å². The van der Waals surface area contributed by atoms with Crippen LogP contribution < -0.4 is 10.5 Å². The van der Waals surface area contributed by atoms with E-state index in [0.717, 1.165) is 38.1 Å². The third-order valence-electron chi connectivity index (χ3n) is 4.43. The number of hydrogen-bond acceptors (Lipinski definition) is 3. The van der Waals surface area contributed by atoms with Crippen molar-refractivity contribution in [3.63, 3.8) is 0 Å². The zero-order valence-electron chi connectivity index (χ0n) is 13.3. The average Bonchev–Trinajstić information content (AvgIpc) is 2.37. The summed E-state index contributed by atoms with van der Waals surface area (Å²) >= 11 is 0. The Bertz CT molecular complexity index is 439. The number of ether oxygens (including phenoxy) is 1. The highest BCUT2D eigenvalue weighted by Gasteiger charge is 2.29. The van der Waals surface area contributed by atoms with E-state index in [4.69, 9.17) is 10.5 Å². The van der Waals surface area contributed by atoms with Gasteiger partial charge in [0, 0.05) is 5.54 Å². The van der Waals surface area contributed by atoms with Gasteiger partial charge in [0.25, 0.3) is 0 Å². The molecule has 1 aliphatic heterocycles. The van der Waals surface area contributed by atoms with Crippen LogP contribution in [0.25, 0.3) is 0 Å². The van der Waals surface area contributed by atoms with Crippen molar-refractivity contribution in [1.29, 1.82) is 0 Å². The number of benzene rings is 1. The lowest BCUT2D eigenvalue weighted by Crippen LogP contribution is -2.50. The Morgan fingerprint density at radius 3 is 2.25 bits per heavy atom. The number of nitrogens with two attached hydrogens (primary N) is 1. The lowest BCUT2D eigenvalue weighted by atomic mass is 9.86. The largest absolute Gasteiger partial charge is 0.493 e. The molecule has 1 aliphatic rings. The summed E-state index contributed by atoms with van der Waals surface area (Å²) in [5.41, 5.74) is 10.2. The molecule has 2 N–H and O–H groups in total. The van der Waals surface area contributed by atoms with Crippen molar-refractivity contribution in [2.45, 2.75) is 45.6 Å². The van der Waals surface area contributed by atoms with Crippen molar-refractivity contribution in [2.24, 2.45) is 5.73 Å². The number of aryl methyl sites for hydroxylation is 3. The SMILES string of the molecule is Cc1cc(C)c(OCCC2(N)CCN(C)CC2)c(C)c1. The minimum Gasteiger partial charge on any atom is -0.493 e. The number of nitrogens with zero attached hydrogens (tertiary/aromatic N) is 1. The van der Waals surface area contributed by atoms with Crippen LogP contribution in [0, 0.1) is 20.8 Å². The molecule has 0 atom stereocenters.